The van der Waals surface area contributed by atoms with Crippen molar-refractivity contribution < 1.29 is 14.3 Å². The summed E-state index contributed by atoms with van der Waals surface area (Å²) in [7, 11) is 1.34. The lowest BCUT2D eigenvalue weighted by Gasteiger charge is -2.23. The van der Waals surface area contributed by atoms with Gasteiger partial charge in [-0.05, 0) is 25.5 Å². The lowest BCUT2D eigenvalue weighted by atomic mass is 10.1. The molecule has 1 aromatic heterocycles. The van der Waals surface area contributed by atoms with Crippen LogP contribution in [0.15, 0.2) is 18.3 Å². The summed E-state index contributed by atoms with van der Waals surface area (Å²) in [6, 6.07) is 3.36. The molecule has 5 heteroatoms. The van der Waals surface area contributed by atoms with Crippen molar-refractivity contribution >= 4 is 5.97 Å². The van der Waals surface area contributed by atoms with Gasteiger partial charge in [0.2, 0.25) is 0 Å². The Balaban J connectivity index is 2.02. The minimum absolute atomic E-state index is 0.164. The van der Waals surface area contributed by atoms with Gasteiger partial charge in [0.25, 0.3) is 0 Å². The van der Waals surface area contributed by atoms with Crippen LogP contribution in [0.25, 0.3) is 0 Å². The van der Waals surface area contributed by atoms with Crippen LogP contribution in [-0.2, 0) is 4.74 Å². The molecule has 1 aliphatic heterocycles. The number of nitrogens with one attached hydrogen (secondary N) is 1. The zero-order valence-corrected chi connectivity index (χ0v) is 9.81. The van der Waals surface area contributed by atoms with E-state index in [1.165, 1.54) is 7.11 Å². The standard InChI is InChI=1S/C12H16N2O3/c1-16-12(15)11-7-9(4-6-14-11)17-10-3-2-5-13-8-10/h4,6-7,10,13H,2-3,5,8H2,1H3. The predicted molar refractivity (Wildman–Crippen MR) is 62.1 cm³/mol. The molecule has 2 rings (SSSR count). The normalized spacial score (nSPS) is 19.7. The van der Waals surface area contributed by atoms with E-state index in [2.05, 4.69) is 15.0 Å². The van der Waals surface area contributed by atoms with E-state index in [1.54, 1.807) is 18.3 Å². The number of methoxy groups -OCH3 is 1. The van der Waals surface area contributed by atoms with Crippen LogP contribution in [0.1, 0.15) is 23.3 Å². The molecule has 0 aliphatic carbocycles. The summed E-state index contributed by atoms with van der Waals surface area (Å²) in [5.41, 5.74) is 0.272. The fraction of sp³-hybridized carbons (Fsp3) is 0.500. The van der Waals surface area contributed by atoms with Gasteiger partial charge in [0.15, 0.2) is 5.69 Å². The van der Waals surface area contributed by atoms with Gasteiger partial charge in [-0.3, -0.25) is 0 Å². The minimum atomic E-state index is -0.447. The summed E-state index contributed by atoms with van der Waals surface area (Å²) in [5.74, 6) is 0.214. The van der Waals surface area contributed by atoms with Crippen LogP contribution in [-0.4, -0.2) is 37.3 Å². The molecule has 2 heterocycles. The molecule has 1 saturated heterocycles. The molecule has 0 radical (unpaired) electrons. The Morgan fingerprint density at radius 1 is 1.59 bits per heavy atom. The highest BCUT2D eigenvalue weighted by Gasteiger charge is 2.15. The zero-order valence-electron chi connectivity index (χ0n) is 9.81. The lowest BCUT2D eigenvalue weighted by Crippen LogP contribution is -2.37. The Morgan fingerprint density at radius 2 is 2.47 bits per heavy atom. The molecule has 1 unspecified atom stereocenters. The van der Waals surface area contributed by atoms with Gasteiger partial charge in [0, 0.05) is 18.8 Å². The van der Waals surface area contributed by atoms with E-state index in [4.69, 9.17) is 4.74 Å². The Bertz CT molecular complexity index is 389. The van der Waals surface area contributed by atoms with Gasteiger partial charge in [-0.15, -0.1) is 0 Å². The van der Waals surface area contributed by atoms with Crippen molar-refractivity contribution in [3.8, 4) is 5.75 Å². The van der Waals surface area contributed by atoms with Crippen LogP contribution in [0, 0.1) is 0 Å². The molecule has 0 saturated carbocycles. The van der Waals surface area contributed by atoms with Crippen LogP contribution in [0.2, 0.25) is 0 Å². The molecule has 1 aliphatic rings. The first-order valence-corrected chi connectivity index (χ1v) is 5.71. The summed E-state index contributed by atoms with van der Waals surface area (Å²) in [6.07, 6.45) is 3.86. The third-order valence-corrected chi connectivity index (χ3v) is 2.68. The summed E-state index contributed by atoms with van der Waals surface area (Å²) in [5, 5.41) is 3.27. The Morgan fingerprint density at radius 3 is 3.18 bits per heavy atom. The smallest absolute Gasteiger partial charge is 0.356 e. The van der Waals surface area contributed by atoms with Gasteiger partial charge in [0.05, 0.1) is 7.11 Å². The van der Waals surface area contributed by atoms with E-state index in [1.807, 2.05) is 0 Å². The van der Waals surface area contributed by atoms with Crippen molar-refractivity contribution in [2.45, 2.75) is 18.9 Å². The molecule has 17 heavy (non-hydrogen) atoms. The number of aromatic nitrogens is 1. The molecule has 1 atom stereocenters. The first-order chi connectivity index (χ1) is 8.29. The van der Waals surface area contributed by atoms with Gasteiger partial charge >= 0.3 is 5.97 Å². The molecule has 0 aromatic carbocycles. The van der Waals surface area contributed by atoms with Crippen molar-refractivity contribution in [1.82, 2.24) is 10.3 Å². The molecule has 92 valence electrons. The molecule has 0 amide bonds. The van der Waals surface area contributed by atoms with Crippen LogP contribution in [0.3, 0.4) is 0 Å². The van der Waals surface area contributed by atoms with E-state index >= 15 is 0 Å². The molecular formula is C12H16N2O3. The maximum absolute atomic E-state index is 11.3. The quantitative estimate of drug-likeness (QED) is 0.793. The highest BCUT2D eigenvalue weighted by atomic mass is 16.5. The number of carbonyl (C=O) groups excluding carboxylic acids is 1. The molecule has 1 aromatic rings. The van der Waals surface area contributed by atoms with Crippen LogP contribution >= 0.6 is 0 Å². The monoisotopic (exact) mass is 236 g/mol. The molecule has 5 nitrogen and oxygen atoms in total. The third-order valence-electron chi connectivity index (χ3n) is 2.68. The van der Waals surface area contributed by atoms with Crippen LogP contribution in [0.5, 0.6) is 5.75 Å². The maximum atomic E-state index is 11.3. The topological polar surface area (TPSA) is 60.5 Å². The van der Waals surface area contributed by atoms with Gasteiger partial charge in [-0.25, -0.2) is 9.78 Å². The third kappa shape index (κ3) is 3.17. The Kier molecular flexibility index (Phi) is 3.93. The summed E-state index contributed by atoms with van der Waals surface area (Å²) in [4.78, 5) is 15.2. The molecule has 1 fully saturated rings. The van der Waals surface area contributed by atoms with E-state index in [-0.39, 0.29) is 11.8 Å². The first kappa shape index (κ1) is 11.9. The van der Waals surface area contributed by atoms with Gasteiger partial charge in [0.1, 0.15) is 11.9 Å². The van der Waals surface area contributed by atoms with E-state index in [9.17, 15) is 4.79 Å². The Hall–Kier alpha value is -1.62. The summed E-state index contributed by atoms with van der Waals surface area (Å²) < 4.78 is 10.4. The fourth-order valence-corrected chi connectivity index (χ4v) is 1.81. The minimum Gasteiger partial charge on any atom is -0.489 e. The van der Waals surface area contributed by atoms with Crippen LogP contribution < -0.4 is 10.1 Å². The average molecular weight is 236 g/mol. The van der Waals surface area contributed by atoms with Crippen molar-refractivity contribution in [3.63, 3.8) is 0 Å². The number of nitrogens with zero attached hydrogens (tertiary/aromatic N) is 1. The van der Waals surface area contributed by atoms with E-state index in [0.29, 0.717) is 5.75 Å². The van der Waals surface area contributed by atoms with Gasteiger partial charge in [-0.2, -0.15) is 0 Å². The second kappa shape index (κ2) is 5.63. The first-order valence-electron chi connectivity index (χ1n) is 5.71. The van der Waals surface area contributed by atoms with Gasteiger partial charge < -0.3 is 14.8 Å². The highest BCUT2D eigenvalue weighted by molar-refractivity contribution is 5.87. The number of hydrogen-bond donors (Lipinski definition) is 1. The van der Waals surface area contributed by atoms with E-state index in [0.717, 1.165) is 25.9 Å². The summed E-state index contributed by atoms with van der Waals surface area (Å²) in [6.45, 7) is 1.89. The zero-order chi connectivity index (χ0) is 12.1. The SMILES string of the molecule is COC(=O)c1cc(OC2CCCNC2)ccn1. The van der Waals surface area contributed by atoms with Crippen LogP contribution in [0.4, 0.5) is 0 Å². The fourth-order valence-electron chi connectivity index (χ4n) is 1.81. The highest BCUT2D eigenvalue weighted by Crippen LogP contribution is 2.16. The number of ether oxygens (including phenoxy) is 2. The number of piperidine rings is 1. The number of hydrogen-bond acceptors (Lipinski definition) is 5. The predicted octanol–water partition coefficient (Wildman–Crippen LogP) is 0.999. The second-order valence-corrected chi connectivity index (χ2v) is 3.95. The number of esters is 1. The lowest BCUT2D eigenvalue weighted by molar-refractivity contribution is 0.0593. The number of carbonyl (C=O) groups is 1. The molecule has 0 spiro atoms. The molecular weight excluding hydrogens is 220 g/mol. The van der Waals surface area contributed by atoms with Crippen molar-refractivity contribution in [3.05, 3.63) is 24.0 Å². The Labute approximate surface area is 100 Å². The number of rotatable bonds is 3. The maximum Gasteiger partial charge on any atom is 0.356 e. The average Bonchev–Trinajstić information content (AvgIpc) is 2.39. The van der Waals surface area contributed by atoms with E-state index < -0.39 is 5.97 Å². The largest absolute Gasteiger partial charge is 0.489 e. The second-order valence-electron chi connectivity index (χ2n) is 3.95. The number of pyridine rings is 1. The molecule has 1 N–H and O–H groups in total. The van der Waals surface area contributed by atoms with Crippen molar-refractivity contribution in [2.24, 2.45) is 0 Å². The molecule has 0 bridgehead atoms. The van der Waals surface area contributed by atoms with Crippen molar-refractivity contribution in [2.75, 3.05) is 20.2 Å². The van der Waals surface area contributed by atoms with Crippen molar-refractivity contribution in [1.29, 1.82) is 0 Å². The van der Waals surface area contributed by atoms with Gasteiger partial charge in [-0.1, -0.05) is 0 Å². The summed E-state index contributed by atoms with van der Waals surface area (Å²) >= 11 is 0.